The molecule has 1 N–H and O–H groups in total. The van der Waals surface area contributed by atoms with Crippen LogP contribution in [0.25, 0.3) is 0 Å². The van der Waals surface area contributed by atoms with Gasteiger partial charge in [-0.1, -0.05) is 0 Å². The molecule has 1 heterocycles. The van der Waals surface area contributed by atoms with Crippen molar-refractivity contribution in [3.05, 3.63) is 81.0 Å². The Kier molecular flexibility index (Phi) is 7.38. The molecule has 0 saturated heterocycles. The van der Waals surface area contributed by atoms with Gasteiger partial charge in [0.05, 0.1) is 0 Å². The second kappa shape index (κ2) is 10.2. The number of hydrogen-bond acceptors (Lipinski definition) is 7. The predicted molar refractivity (Wildman–Crippen MR) is 116 cm³/mol. The molecule has 0 amide bonds. The van der Waals surface area contributed by atoms with Crippen molar-refractivity contribution in [3.63, 3.8) is 0 Å². The van der Waals surface area contributed by atoms with Crippen LogP contribution < -0.4 is 9.80 Å². The van der Waals surface area contributed by atoms with E-state index in [9.17, 15) is 14.9 Å². The molecule has 0 radical (unpaired) electrons. The Hall–Kier alpha value is -2.96. The van der Waals surface area contributed by atoms with Crippen molar-refractivity contribution in [2.75, 3.05) is 12.4 Å². The maximum absolute atomic E-state index is 11.7. The summed E-state index contributed by atoms with van der Waals surface area (Å²) in [5.74, 6) is -0.0911. The SMILES string of the molecule is COC(=O)c1cccc(CC[AsH]c2nc(Nc3ccc(Cl)cc3)ncc2[N+](=O)[O-])c1. The Labute approximate surface area is 184 Å². The van der Waals surface area contributed by atoms with Crippen LogP contribution in [-0.4, -0.2) is 43.7 Å². The molecular formula is C20H18AsClN4O4. The molecule has 3 rings (SSSR count). The van der Waals surface area contributed by atoms with Crippen molar-refractivity contribution in [3.8, 4) is 0 Å². The Morgan fingerprint density at radius 2 is 2.03 bits per heavy atom. The summed E-state index contributed by atoms with van der Waals surface area (Å²) in [6.45, 7) is 0. The fraction of sp³-hybridized carbons (Fsp3) is 0.150. The molecule has 8 nitrogen and oxygen atoms in total. The standard InChI is InChI=1S/C20H18AsClN4O4/c1-30-19(27)14-4-2-3-13(11-14)9-10-21-18-17(26(28)29)12-23-20(25-18)24-16-7-5-15(22)6-8-16/h2-8,11-12,21H,9-10H2,1H3,(H,23,24,25). The van der Waals surface area contributed by atoms with Crippen molar-refractivity contribution < 1.29 is 14.5 Å². The first-order chi connectivity index (χ1) is 14.5. The summed E-state index contributed by atoms with van der Waals surface area (Å²) >= 11 is 4.98. The molecule has 3 aromatic rings. The third-order valence-corrected chi connectivity index (χ3v) is 6.90. The third-order valence-electron chi connectivity index (χ3n) is 4.12. The van der Waals surface area contributed by atoms with E-state index in [4.69, 9.17) is 16.3 Å². The van der Waals surface area contributed by atoms with Gasteiger partial charge in [-0.2, -0.15) is 0 Å². The molecule has 2 aromatic carbocycles. The van der Waals surface area contributed by atoms with Gasteiger partial charge in [0.25, 0.3) is 0 Å². The zero-order valence-corrected chi connectivity index (χ0v) is 18.8. The number of carbonyl (C=O) groups excluding carboxylic acids is 1. The molecule has 0 aliphatic rings. The van der Waals surface area contributed by atoms with Gasteiger partial charge in [-0.15, -0.1) is 0 Å². The van der Waals surface area contributed by atoms with Gasteiger partial charge in [0, 0.05) is 0 Å². The fourth-order valence-corrected chi connectivity index (χ4v) is 5.24. The van der Waals surface area contributed by atoms with Crippen molar-refractivity contribution in [1.82, 2.24) is 9.97 Å². The molecule has 10 heteroatoms. The van der Waals surface area contributed by atoms with E-state index in [-0.39, 0.29) is 5.69 Å². The average molecular weight is 489 g/mol. The van der Waals surface area contributed by atoms with E-state index in [1.165, 1.54) is 13.3 Å². The minimum atomic E-state index is -0.907. The first-order valence-electron chi connectivity index (χ1n) is 8.91. The Balaban J connectivity index is 1.71. The van der Waals surface area contributed by atoms with E-state index >= 15 is 0 Å². The van der Waals surface area contributed by atoms with Gasteiger partial charge < -0.3 is 0 Å². The number of anilines is 2. The molecule has 154 valence electrons. The summed E-state index contributed by atoms with van der Waals surface area (Å²) in [5.41, 5.74) is 2.12. The normalized spacial score (nSPS) is 10.9. The summed E-state index contributed by atoms with van der Waals surface area (Å²) in [6, 6.07) is 14.2. The number of carbonyl (C=O) groups is 1. The molecule has 0 bridgehead atoms. The van der Waals surface area contributed by atoms with E-state index < -0.39 is 26.6 Å². The van der Waals surface area contributed by atoms with E-state index in [0.29, 0.717) is 27.4 Å². The number of aryl methyl sites for hydroxylation is 1. The average Bonchev–Trinajstić information content (AvgIpc) is 2.75. The van der Waals surface area contributed by atoms with Crippen LogP contribution in [0.3, 0.4) is 0 Å². The van der Waals surface area contributed by atoms with Gasteiger partial charge in [0.1, 0.15) is 0 Å². The number of methoxy groups -OCH3 is 1. The van der Waals surface area contributed by atoms with E-state index in [0.717, 1.165) is 16.5 Å². The van der Waals surface area contributed by atoms with Crippen molar-refractivity contribution in [2.45, 2.75) is 11.6 Å². The third kappa shape index (κ3) is 5.78. The van der Waals surface area contributed by atoms with E-state index in [2.05, 4.69) is 15.3 Å². The molecule has 0 spiro atoms. The van der Waals surface area contributed by atoms with Gasteiger partial charge in [-0.3, -0.25) is 0 Å². The zero-order valence-electron chi connectivity index (χ0n) is 16.0. The van der Waals surface area contributed by atoms with Crippen LogP contribution in [0.4, 0.5) is 17.3 Å². The number of esters is 1. The number of aromatic nitrogens is 2. The molecule has 1 aromatic heterocycles. The van der Waals surface area contributed by atoms with Crippen LogP contribution in [0.1, 0.15) is 15.9 Å². The first-order valence-corrected chi connectivity index (χ1v) is 11.8. The summed E-state index contributed by atoms with van der Waals surface area (Å²) in [6.07, 6.45) is 1.92. The molecule has 30 heavy (non-hydrogen) atoms. The first kappa shape index (κ1) is 21.7. The Bertz CT molecular complexity index is 1060. The molecule has 0 aliphatic heterocycles. The second-order valence-corrected chi connectivity index (χ2v) is 9.41. The number of halogens is 1. The number of ether oxygens (including phenoxy) is 1. The van der Waals surface area contributed by atoms with E-state index in [1.54, 1.807) is 42.5 Å². The number of nitrogens with zero attached hydrogens (tertiary/aromatic N) is 3. The van der Waals surface area contributed by atoms with Gasteiger partial charge in [0.15, 0.2) is 0 Å². The van der Waals surface area contributed by atoms with Crippen molar-refractivity contribution in [1.29, 1.82) is 0 Å². The maximum atomic E-state index is 11.7. The van der Waals surface area contributed by atoms with E-state index in [1.807, 2.05) is 6.07 Å². The van der Waals surface area contributed by atoms with Crippen LogP contribution in [0.15, 0.2) is 54.7 Å². The molecule has 0 aliphatic carbocycles. The molecule has 0 saturated carbocycles. The van der Waals surface area contributed by atoms with Crippen molar-refractivity contribution in [2.24, 2.45) is 0 Å². The molecule has 0 fully saturated rings. The van der Waals surface area contributed by atoms with Gasteiger partial charge >= 0.3 is 185 Å². The van der Waals surface area contributed by atoms with Crippen LogP contribution in [0.5, 0.6) is 0 Å². The van der Waals surface area contributed by atoms with Crippen LogP contribution >= 0.6 is 11.6 Å². The number of nitro groups is 1. The zero-order chi connectivity index (χ0) is 21.5. The molecular weight excluding hydrogens is 471 g/mol. The summed E-state index contributed by atoms with van der Waals surface area (Å²) in [4.78, 5) is 31.0. The summed E-state index contributed by atoms with van der Waals surface area (Å²) in [5, 5.41) is 15.8. The summed E-state index contributed by atoms with van der Waals surface area (Å²) < 4.78 is 5.21. The van der Waals surface area contributed by atoms with Crippen LogP contribution in [-0.2, 0) is 11.2 Å². The Morgan fingerprint density at radius 3 is 2.73 bits per heavy atom. The van der Waals surface area contributed by atoms with Gasteiger partial charge in [0.2, 0.25) is 0 Å². The van der Waals surface area contributed by atoms with Crippen LogP contribution in [0, 0.1) is 10.1 Å². The fourth-order valence-electron chi connectivity index (χ4n) is 2.66. The van der Waals surface area contributed by atoms with Crippen molar-refractivity contribution >= 4 is 55.1 Å². The minimum absolute atomic E-state index is 0.0695. The molecule has 1 atom stereocenters. The number of nitrogens with one attached hydrogen (secondary N) is 1. The molecule has 1 unspecified atom stereocenters. The number of rotatable bonds is 8. The topological polar surface area (TPSA) is 107 Å². The summed E-state index contributed by atoms with van der Waals surface area (Å²) in [7, 11) is 1.34. The number of hydrogen-bond donors (Lipinski definition) is 1. The monoisotopic (exact) mass is 488 g/mol. The Morgan fingerprint density at radius 1 is 1.27 bits per heavy atom. The van der Waals surface area contributed by atoms with Gasteiger partial charge in [-0.25, -0.2) is 0 Å². The predicted octanol–water partition coefficient (Wildman–Crippen LogP) is 3.29. The number of benzene rings is 2. The van der Waals surface area contributed by atoms with Gasteiger partial charge in [-0.05, 0) is 0 Å². The second-order valence-electron chi connectivity index (χ2n) is 6.19. The quantitative estimate of drug-likeness (QED) is 0.224. The van der Waals surface area contributed by atoms with Crippen LogP contribution in [0.2, 0.25) is 10.2 Å².